The monoisotopic (exact) mass is 336 g/mol. The van der Waals surface area contributed by atoms with Crippen molar-refractivity contribution < 1.29 is 26.4 Å². The summed E-state index contributed by atoms with van der Waals surface area (Å²) in [4.78, 5) is 12.1. The van der Waals surface area contributed by atoms with Crippen molar-refractivity contribution in [3.05, 3.63) is 23.8 Å². The van der Waals surface area contributed by atoms with Crippen molar-refractivity contribution in [3.63, 3.8) is 0 Å². The Morgan fingerprint density at radius 3 is 2.45 bits per heavy atom. The summed E-state index contributed by atoms with van der Waals surface area (Å²) < 4.78 is 63.0. The molecule has 0 aromatic heterocycles. The van der Waals surface area contributed by atoms with Crippen molar-refractivity contribution in [2.24, 2.45) is 0 Å². The van der Waals surface area contributed by atoms with Crippen LogP contribution in [0.3, 0.4) is 0 Å². The lowest BCUT2D eigenvalue weighted by molar-refractivity contribution is -0.170. The predicted octanol–water partition coefficient (Wildman–Crippen LogP) is 1.78. The number of amides is 1. The van der Waals surface area contributed by atoms with E-state index in [2.05, 4.69) is 0 Å². The normalized spacial score (nSPS) is 15.8. The molecule has 0 aliphatic carbocycles. The van der Waals surface area contributed by atoms with Gasteiger partial charge in [0.1, 0.15) is 0 Å². The first-order valence-electron chi connectivity index (χ1n) is 6.49. The SMILES string of the molecule is CN(C)S(=O)(=O)c1ccc2c(c1)CCCN2C(=O)C(F)(F)F. The van der Waals surface area contributed by atoms with Crippen molar-refractivity contribution in [1.29, 1.82) is 0 Å². The zero-order chi connectivity index (χ0) is 16.7. The number of hydrogen-bond acceptors (Lipinski definition) is 3. The van der Waals surface area contributed by atoms with Gasteiger partial charge in [-0.15, -0.1) is 0 Å². The highest BCUT2D eigenvalue weighted by molar-refractivity contribution is 7.89. The van der Waals surface area contributed by atoms with Crippen LogP contribution in [-0.2, 0) is 21.2 Å². The van der Waals surface area contributed by atoms with Crippen molar-refractivity contribution in [2.75, 3.05) is 25.5 Å². The standard InChI is InChI=1S/C13H15F3N2O3S/c1-17(2)22(20,21)10-5-6-11-9(8-10)4-3-7-18(11)12(19)13(14,15)16/h5-6,8H,3-4,7H2,1-2H3. The number of carbonyl (C=O) groups excluding carboxylic acids is 1. The molecule has 5 nitrogen and oxygen atoms in total. The lowest BCUT2D eigenvalue weighted by atomic mass is 10.0. The van der Waals surface area contributed by atoms with Gasteiger partial charge in [0.25, 0.3) is 0 Å². The minimum Gasteiger partial charge on any atom is -0.304 e. The minimum atomic E-state index is -4.96. The fraction of sp³-hybridized carbons (Fsp3) is 0.462. The molecule has 22 heavy (non-hydrogen) atoms. The maximum absolute atomic E-state index is 12.6. The summed E-state index contributed by atoms with van der Waals surface area (Å²) in [5, 5.41) is 0. The number of aryl methyl sites for hydroxylation is 1. The molecule has 0 atom stereocenters. The molecular formula is C13H15F3N2O3S. The third-order valence-corrected chi connectivity index (χ3v) is 5.25. The summed E-state index contributed by atoms with van der Waals surface area (Å²) in [6, 6.07) is 3.81. The van der Waals surface area contributed by atoms with Crippen LogP contribution in [0.4, 0.5) is 18.9 Å². The average molecular weight is 336 g/mol. The van der Waals surface area contributed by atoms with Crippen LogP contribution < -0.4 is 4.90 Å². The number of nitrogens with zero attached hydrogens (tertiary/aromatic N) is 2. The van der Waals surface area contributed by atoms with Gasteiger partial charge >= 0.3 is 12.1 Å². The molecular weight excluding hydrogens is 321 g/mol. The molecule has 1 aromatic rings. The zero-order valence-electron chi connectivity index (χ0n) is 12.0. The summed E-state index contributed by atoms with van der Waals surface area (Å²) in [7, 11) is -0.930. The van der Waals surface area contributed by atoms with Crippen molar-refractivity contribution in [1.82, 2.24) is 4.31 Å². The molecule has 0 bridgehead atoms. The molecule has 0 unspecified atom stereocenters. The smallest absolute Gasteiger partial charge is 0.304 e. The molecule has 0 saturated heterocycles. The molecule has 1 amide bonds. The van der Waals surface area contributed by atoms with Gasteiger partial charge in [-0.25, -0.2) is 12.7 Å². The van der Waals surface area contributed by atoms with E-state index in [9.17, 15) is 26.4 Å². The molecule has 122 valence electrons. The summed E-state index contributed by atoms with van der Waals surface area (Å²) in [6.07, 6.45) is -4.18. The van der Waals surface area contributed by atoms with Crippen LogP contribution in [0.5, 0.6) is 0 Å². The molecule has 0 radical (unpaired) electrons. The summed E-state index contributed by atoms with van der Waals surface area (Å²) in [5.41, 5.74) is 0.540. The Balaban J connectivity index is 2.46. The van der Waals surface area contributed by atoms with E-state index in [1.54, 1.807) is 0 Å². The van der Waals surface area contributed by atoms with E-state index < -0.39 is 22.1 Å². The van der Waals surface area contributed by atoms with Gasteiger partial charge < -0.3 is 4.90 Å². The highest BCUT2D eigenvalue weighted by atomic mass is 32.2. The van der Waals surface area contributed by atoms with Crippen LogP contribution in [0, 0.1) is 0 Å². The van der Waals surface area contributed by atoms with E-state index in [4.69, 9.17) is 0 Å². The Labute approximate surface area is 126 Å². The molecule has 1 aliphatic rings. The Bertz CT molecular complexity index is 699. The largest absolute Gasteiger partial charge is 0.471 e. The Morgan fingerprint density at radius 1 is 1.27 bits per heavy atom. The quantitative estimate of drug-likeness (QED) is 0.827. The minimum absolute atomic E-state index is 0.00226. The molecule has 0 spiro atoms. The number of sulfonamides is 1. The topological polar surface area (TPSA) is 57.7 Å². The van der Waals surface area contributed by atoms with E-state index in [1.165, 1.54) is 32.3 Å². The fourth-order valence-corrected chi connectivity index (χ4v) is 3.26. The molecule has 2 rings (SSSR count). The van der Waals surface area contributed by atoms with Gasteiger partial charge in [-0.05, 0) is 36.6 Å². The van der Waals surface area contributed by atoms with Gasteiger partial charge in [-0.3, -0.25) is 4.79 Å². The molecule has 1 aromatic carbocycles. The lowest BCUT2D eigenvalue weighted by Crippen LogP contribution is -2.43. The number of hydrogen-bond donors (Lipinski definition) is 0. The maximum Gasteiger partial charge on any atom is 0.471 e. The van der Waals surface area contributed by atoms with Crippen molar-refractivity contribution in [2.45, 2.75) is 23.9 Å². The number of anilines is 1. The highest BCUT2D eigenvalue weighted by Crippen LogP contribution is 2.32. The molecule has 1 aliphatic heterocycles. The van der Waals surface area contributed by atoms with Gasteiger partial charge in [0.2, 0.25) is 10.0 Å². The third kappa shape index (κ3) is 2.95. The van der Waals surface area contributed by atoms with Crippen LogP contribution in [0.25, 0.3) is 0 Å². The Kier molecular flexibility index (Phi) is 4.22. The van der Waals surface area contributed by atoms with E-state index in [0.717, 1.165) is 4.31 Å². The van der Waals surface area contributed by atoms with Crippen LogP contribution in [-0.4, -0.2) is 45.4 Å². The van der Waals surface area contributed by atoms with Gasteiger partial charge in [0, 0.05) is 26.3 Å². The van der Waals surface area contributed by atoms with Crippen molar-refractivity contribution in [3.8, 4) is 0 Å². The fourth-order valence-electron chi connectivity index (χ4n) is 2.31. The second kappa shape index (κ2) is 5.54. The van der Waals surface area contributed by atoms with Crippen molar-refractivity contribution >= 4 is 21.6 Å². The summed E-state index contributed by atoms with van der Waals surface area (Å²) >= 11 is 0. The molecule has 0 N–H and O–H groups in total. The van der Waals surface area contributed by atoms with E-state index in [0.29, 0.717) is 23.3 Å². The number of alkyl halides is 3. The molecule has 0 fully saturated rings. The van der Waals surface area contributed by atoms with Crippen LogP contribution in [0.2, 0.25) is 0 Å². The summed E-state index contributed by atoms with van der Waals surface area (Å²) in [5.74, 6) is -1.93. The first-order chi connectivity index (χ1) is 10.0. The first-order valence-corrected chi connectivity index (χ1v) is 7.93. The number of fused-ring (bicyclic) bond motifs is 1. The predicted molar refractivity (Wildman–Crippen MR) is 74.0 cm³/mol. The van der Waals surface area contributed by atoms with Crippen LogP contribution in [0.15, 0.2) is 23.1 Å². The number of halogens is 3. The van der Waals surface area contributed by atoms with Gasteiger partial charge in [-0.1, -0.05) is 0 Å². The van der Waals surface area contributed by atoms with Gasteiger partial charge in [0.05, 0.1) is 4.90 Å². The molecule has 9 heteroatoms. The second-order valence-corrected chi connectivity index (χ2v) is 7.29. The lowest BCUT2D eigenvalue weighted by Gasteiger charge is -2.30. The number of carbonyl (C=O) groups is 1. The third-order valence-electron chi connectivity index (χ3n) is 3.44. The number of benzene rings is 1. The number of rotatable bonds is 2. The average Bonchev–Trinajstić information content (AvgIpc) is 2.44. The van der Waals surface area contributed by atoms with E-state index in [1.807, 2.05) is 0 Å². The van der Waals surface area contributed by atoms with E-state index in [-0.39, 0.29) is 17.1 Å². The maximum atomic E-state index is 12.6. The first kappa shape index (κ1) is 16.8. The summed E-state index contributed by atoms with van der Waals surface area (Å²) in [6.45, 7) is -0.0366. The highest BCUT2D eigenvalue weighted by Gasteiger charge is 2.44. The van der Waals surface area contributed by atoms with Crippen LogP contribution >= 0.6 is 0 Å². The Hall–Kier alpha value is -1.61. The zero-order valence-corrected chi connectivity index (χ0v) is 12.8. The van der Waals surface area contributed by atoms with Gasteiger partial charge in [0.15, 0.2) is 0 Å². The second-order valence-electron chi connectivity index (χ2n) is 5.14. The van der Waals surface area contributed by atoms with Crippen LogP contribution in [0.1, 0.15) is 12.0 Å². The van der Waals surface area contributed by atoms with Gasteiger partial charge in [-0.2, -0.15) is 13.2 Å². The molecule has 0 saturated carbocycles. The molecule has 1 heterocycles. The van der Waals surface area contributed by atoms with E-state index >= 15 is 0 Å². The Morgan fingerprint density at radius 2 is 1.91 bits per heavy atom.